The Bertz CT molecular complexity index is 413. The molecule has 19 heavy (non-hydrogen) atoms. The molecule has 1 saturated carbocycles. The maximum absolute atomic E-state index is 5.65. The predicted octanol–water partition coefficient (Wildman–Crippen LogP) is 0.780. The Morgan fingerprint density at radius 3 is 2.26 bits per heavy atom. The highest BCUT2D eigenvalue weighted by atomic mass is 15.2. The monoisotopic (exact) mass is 265 g/mol. The van der Waals surface area contributed by atoms with Crippen LogP contribution in [0.5, 0.6) is 0 Å². The topological polar surface area (TPSA) is 92.0 Å². The van der Waals surface area contributed by atoms with E-state index in [-0.39, 0.29) is 5.95 Å². The summed E-state index contributed by atoms with van der Waals surface area (Å²) in [7, 11) is 6.05. The van der Waals surface area contributed by atoms with Crippen LogP contribution in [0.4, 0.5) is 17.8 Å². The number of rotatable bonds is 4. The van der Waals surface area contributed by atoms with Gasteiger partial charge in [-0.15, -0.1) is 0 Å². The van der Waals surface area contributed by atoms with Gasteiger partial charge < -0.3 is 21.3 Å². The summed E-state index contributed by atoms with van der Waals surface area (Å²) in [6.45, 7) is 0. The minimum Gasteiger partial charge on any atom is -0.368 e. The van der Waals surface area contributed by atoms with E-state index in [0.29, 0.717) is 24.0 Å². The first-order valence-corrected chi connectivity index (χ1v) is 6.70. The minimum absolute atomic E-state index is 0.240. The second-order valence-corrected chi connectivity index (χ2v) is 5.20. The van der Waals surface area contributed by atoms with Crippen LogP contribution in [0.3, 0.4) is 0 Å². The molecule has 0 aliphatic heterocycles. The fourth-order valence-electron chi connectivity index (χ4n) is 2.49. The van der Waals surface area contributed by atoms with Gasteiger partial charge in [0.1, 0.15) is 0 Å². The first kappa shape index (κ1) is 13.8. The number of hydrogen-bond acceptors (Lipinski definition) is 7. The Kier molecular flexibility index (Phi) is 4.36. The van der Waals surface area contributed by atoms with Crippen molar-refractivity contribution in [3.8, 4) is 0 Å². The molecule has 1 aromatic heterocycles. The van der Waals surface area contributed by atoms with E-state index in [2.05, 4.69) is 44.6 Å². The van der Waals surface area contributed by atoms with Gasteiger partial charge in [0.15, 0.2) is 0 Å². The van der Waals surface area contributed by atoms with Gasteiger partial charge in [0.05, 0.1) is 0 Å². The van der Waals surface area contributed by atoms with Crippen molar-refractivity contribution in [2.75, 3.05) is 37.5 Å². The Hall–Kier alpha value is -1.63. The van der Waals surface area contributed by atoms with Gasteiger partial charge in [0, 0.05) is 19.1 Å². The average Bonchev–Trinajstić information content (AvgIpc) is 2.38. The standard InChI is InChI=1S/C12H23N7/c1-14-11-16-10(13)17-12(18-11)15-8-4-6-9(7-5-8)19(2)3/h8-9H,4-7H2,1-3H3,(H4,13,14,15,16,17,18). The van der Waals surface area contributed by atoms with Gasteiger partial charge in [-0.05, 0) is 39.8 Å². The third kappa shape index (κ3) is 3.66. The highest BCUT2D eigenvalue weighted by Gasteiger charge is 2.22. The smallest absolute Gasteiger partial charge is 0.229 e. The fraction of sp³-hybridized carbons (Fsp3) is 0.750. The van der Waals surface area contributed by atoms with Crippen LogP contribution in [0, 0.1) is 0 Å². The summed E-state index contributed by atoms with van der Waals surface area (Å²) in [5, 5.41) is 6.23. The van der Waals surface area contributed by atoms with E-state index in [0.717, 1.165) is 12.8 Å². The second-order valence-electron chi connectivity index (χ2n) is 5.20. The summed E-state index contributed by atoms with van der Waals surface area (Å²) in [5.41, 5.74) is 5.65. The molecule has 7 heteroatoms. The molecule has 7 nitrogen and oxygen atoms in total. The van der Waals surface area contributed by atoms with Crippen LogP contribution in [0.25, 0.3) is 0 Å². The Balaban J connectivity index is 1.93. The maximum Gasteiger partial charge on any atom is 0.229 e. The molecule has 0 bridgehead atoms. The first-order chi connectivity index (χ1) is 9.08. The number of nitrogen functional groups attached to an aromatic ring is 1. The maximum atomic E-state index is 5.65. The van der Waals surface area contributed by atoms with Gasteiger partial charge in [-0.1, -0.05) is 0 Å². The van der Waals surface area contributed by atoms with Gasteiger partial charge in [0.2, 0.25) is 17.8 Å². The van der Waals surface area contributed by atoms with E-state index >= 15 is 0 Å². The van der Waals surface area contributed by atoms with Crippen molar-refractivity contribution in [2.24, 2.45) is 0 Å². The van der Waals surface area contributed by atoms with E-state index in [9.17, 15) is 0 Å². The highest BCUT2D eigenvalue weighted by Crippen LogP contribution is 2.23. The number of hydrogen-bond donors (Lipinski definition) is 3. The zero-order valence-corrected chi connectivity index (χ0v) is 11.8. The van der Waals surface area contributed by atoms with E-state index in [1.165, 1.54) is 12.8 Å². The van der Waals surface area contributed by atoms with Crippen LogP contribution in [0.2, 0.25) is 0 Å². The SMILES string of the molecule is CNc1nc(N)nc(NC2CCC(N(C)C)CC2)n1. The number of aromatic nitrogens is 3. The largest absolute Gasteiger partial charge is 0.368 e. The third-order valence-corrected chi connectivity index (χ3v) is 3.64. The number of nitrogens with one attached hydrogen (secondary N) is 2. The number of nitrogens with zero attached hydrogens (tertiary/aromatic N) is 4. The highest BCUT2D eigenvalue weighted by molar-refractivity contribution is 5.40. The summed E-state index contributed by atoms with van der Waals surface area (Å²) in [6, 6.07) is 1.11. The third-order valence-electron chi connectivity index (χ3n) is 3.64. The van der Waals surface area contributed by atoms with Crippen LogP contribution >= 0.6 is 0 Å². The molecule has 106 valence electrons. The van der Waals surface area contributed by atoms with Crippen molar-refractivity contribution in [2.45, 2.75) is 37.8 Å². The molecule has 1 aliphatic carbocycles. The number of nitrogens with two attached hydrogens (primary N) is 1. The molecular weight excluding hydrogens is 242 g/mol. The predicted molar refractivity (Wildman–Crippen MR) is 77.1 cm³/mol. The quantitative estimate of drug-likeness (QED) is 0.741. The first-order valence-electron chi connectivity index (χ1n) is 6.70. The van der Waals surface area contributed by atoms with Crippen LogP contribution in [-0.4, -0.2) is 53.1 Å². The summed E-state index contributed by atoms with van der Waals surface area (Å²) in [6.07, 6.45) is 4.65. The van der Waals surface area contributed by atoms with Crippen molar-refractivity contribution < 1.29 is 0 Å². The lowest BCUT2D eigenvalue weighted by atomic mass is 9.91. The lowest BCUT2D eigenvalue weighted by molar-refractivity contribution is 0.221. The normalized spacial score (nSPS) is 23.4. The van der Waals surface area contributed by atoms with E-state index in [1.807, 2.05) is 0 Å². The molecule has 1 heterocycles. The molecule has 1 aliphatic rings. The molecule has 1 aromatic rings. The van der Waals surface area contributed by atoms with Crippen molar-refractivity contribution in [3.63, 3.8) is 0 Å². The molecule has 0 unspecified atom stereocenters. The molecule has 0 aromatic carbocycles. The Labute approximate surface area is 114 Å². The molecule has 0 spiro atoms. The Morgan fingerprint density at radius 2 is 1.68 bits per heavy atom. The molecule has 0 radical (unpaired) electrons. The van der Waals surface area contributed by atoms with Crippen LogP contribution in [0.15, 0.2) is 0 Å². The zero-order chi connectivity index (χ0) is 13.8. The molecule has 1 fully saturated rings. The van der Waals surface area contributed by atoms with Gasteiger partial charge >= 0.3 is 0 Å². The van der Waals surface area contributed by atoms with Gasteiger partial charge in [-0.25, -0.2) is 0 Å². The number of anilines is 3. The molecule has 0 amide bonds. The van der Waals surface area contributed by atoms with Crippen molar-refractivity contribution in [1.82, 2.24) is 19.9 Å². The Morgan fingerprint density at radius 1 is 1.05 bits per heavy atom. The van der Waals surface area contributed by atoms with Crippen LogP contribution in [-0.2, 0) is 0 Å². The lowest BCUT2D eigenvalue weighted by Crippen LogP contribution is -2.36. The van der Waals surface area contributed by atoms with Gasteiger partial charge in [-0.2, -0.15) is 15.0 Å². The van der Waals surface area contributed by atoms with Crippen molar-refractivity contribution in [3.05, 3.63) is 0 Å². The van der Waals surface area contributed by atoms with Crippen molar-refractivity contribution in [1.29, 1.82) is 0 Å². The molecule has 4 N–H and O–H groups in total. The summed E-state index contributed by atoms with van der Waals surface area (Å²) >= 11 is 0. The summed E-state index contributed by atoms with van der Waals surface area (Å²) in [4.78, 5) is 14.7. The van der Waals surface area contributed by atoms with Gasteiger partial charge in [-0.3, -0.25) is 0 Å². The molecule has 0 saturated heterocycles. The summed E-state index contributed by atoms with van der Waals surface area (Å²) < 4.78 is 0. The van der Waals surface area contributed by atoms with E-state index < -0.39 is 0 Å². The van der Waals surface area contributed by atoms with Crippen LogP contribution in [0.1, 0.15) is 25.7 Å². The average molecular weight is 265 g/mol. The molecule has 0 atom stereocenters. The zero-order valence-electron chi connectivity index (χ0n) is 11.8. The minimum atomic E-state index is 0.240. The van der Waals surface area contributed by atoms with Crippen LogP contribution < -0.4 is 16.4 Å². The molecule has 2 rings (SSSR count). The lowest BCUT2D eigenvalue weighted by Gasteiger charge is -2.32. The van der Waals surface area contributed by atoms with Crippen molar-refractivity contribution >= 4 is 17.8 Å². The molecular formula is C12H23N7. The van der Waals surface area contributed by atoms with Gasteiger partial charge in [0.25, 0.3) is 0 Å². The van der Waals surface area contributed by atoms with E-state index in [4.69, 9.17) is 5.73 Å². The van der Waals surface area contributed by atoms with E-state index in [1.54, 1.807) is 7.05 Å². The fourth-order valence-corrected chi connectivity index (χ4v) is 2.49. The summed E-state index contributed by atoms with van der Waals surface area (Å²) in [5.74, 6) is 1.30. The second kappa shape index (κ2) is 6.01.